The third-order valence-electron chi connectivity index (χ3n) is 1.06. The molecule has 2 atom stereocenters. The smallest absolute Gasteiger partial charge is 0.198 e. The normalized spacial score (nSPS) is 40.5. The van der Waals surface area contributed by atoms with Gasteiger partial charge in [0, 0.05) is 16.9 Å². The lowest BCUT2D eigenvalue weighted by Crippen LogP contribution is -2.19. The van der Waals surface area contributed by atoms with Gasteiger partial charge in [-0.15, -0.1) is 6.42 Å². The molecule has 0 aromatic rings. The largest absolute Gasteiger partial charge is 0.281 e. The summed E-state index contributed by atoms with van der Waals surface area (Å²) in [5, 5.41) is 0. The number of hydrogen-bond acceptors (Lipinski definition) is 4. The van der Waals surface area contributed by atoms with Crippen LogP contribution in [0.1, 0.15) is 0 Å². The van der Waals surface area contributed by atoms with Crippen LogP contribution in [0.2, 0.25) is 0 Å². The van der Waals surface area contributed by atoms with Crippen LogP contribution in [-0.4, -0.2) is 16.6 Å². The molecule has 0 bridgehead atoms. The van der Waals surface area contributed by atoms with Crippen LogP contribution < -0.4 is 0 Å². The predicted octanol–water partition coefficient (Wildman–Crippen LogP) is 0.576. The van der Waals surface area contributed by atoms with Gasteiger partial charge in [0.15, 0.2) is 7.80 Å². The van der Waals surface area contributed by atoms with E-state index in [1.807, 2.05) is 0 Å². The Labute approximate surface area is 69.0 Å². The maximum Gasteiger partial charge on any atom is 0.198 e. The number of rotatable bonds is 0. The van der Waals surface area contributed by atoms with Crippen LogP contribution in [0.3, 0.4) is 0 Å². The maximum absolute atomic E-state index is 11.0. The summed E-state index contributed by atoms with van der Waals surface area (Å²) in [6, 6.07) is 0. The number of terminal acetylenes is 1. The minimum atomic E-state index is -2.47. The zero-order chi connectivity index (χ0) is 7.61. The summed E-state index contributed by atoms with van der Waals surface area (Å²) in [7, 11) is -1.34. The summed E-state index contributed by atoms with van der Waals surface area (Å²) in [5.74, 6) is 3.25. The van der Waals surface area contributed by atoms with E-state index in [1.54, 1.807) is 0 Å². The second-order valence-corrected chi connectivity index (χ2v) is 7.44. The van der Waals surface area contributed by atoms with E-state index in [4.69, 9.17) is 10.6 Å². The molecule has 56 valence electrons. The van der Waals surface area contributed by atoms with E-state index < -0.39 is 7.80 Å². The average molecular weight is 194 g/mol. The van der Waals surface area contributed by atoms with Crippen LogP contribution in [0.4, 0.5) is 0 Å². The van der Waals surface area contributed by atoms with Crippen molar-refractivity contribution in [3.05, 3.63) is 0 Å². The Kier molecular flexibility index (Phi) is 2.58. The van der Waals surface area contributed by atoms with Crippen molar-refractivity contribution in [1.82, 2.24) is 0 Å². The van der Waals surface area contributed by atoms with Gasteiger partial charge in [0.1, 0.15) is 0 Å². The highest BCUT2D eigenvalue weighted by molar-refractivity contribution is 8.83. The van der Waals surface area contributed by atoms with Gasteiger partial charge < -0.3 is 0 Å². The van der Waals surface area contributed by atoms with E-state index in [0.29, 0.717) is 12.4 Å². The van der Waals surface area contributed by atoms with Crippen LogP contribution in [0.15, 0.2) is 0 Å². The van der Waals surface area contributed by atoms with Gasteiger partial charge in [0.2, 0.25) is 0 Å². The second kappa shape index (κ2) is 3.09. The zero-order valence-corrected chi connectivity index (χ0v) is 7.56. The van der Waals surface area contributed by atoms with Crippen LogP contribution in [0.25, 0.3) is 0 Å². The molecule has 0 aromatic carbocycles. The lowest BCUT2D eigenvalue weighted by Gasteiger charge is -2.17. The van der Waals surface area contributed by atoms with Gasteiger partial charge >= 0.3 is 0 Å². The highest BCUT2D eigenvalue weighted by atomic mass is 33.4. The van der Waals surface area contributed by atoms with E-state index in [1.165, 1.54) is 0 Å². The van der Waals surface area contributed by atoms with Gasteiger partial charge in [-0.2, -0.15) is 0 Å². The van der Waals surface area contributed by atoms with Crippen LogP contribution >= 0.6 is 10.8 Å². The Hall–Kier alpha value is 0.240. The Morgan fingerprint density at radius 3 is 3.00 bits per heavy atom. The fourth-order valence-corrected chi connectivity index (χ4v) is 3.46. The Bertz CT molecular complexity index is 235. The minimum absolute atomic E-state index is 0.0718. The SMILES string of the molecule is C#CC1COS(=O)(=S)SC1. The molecule has 1 heterocycles. The summed E-state index contributed by atoms with van der Waals surface area (Å²) in [6.45, 7) is 0.339. The maximum atomic E-state index is 11.0. The van der Waals surface area contributed by atoms with Crippen LogP contribution in [-0.2, 0) is 23.2 Å². The molecule has 1 rings (SSSR count). The van der Waals surface area contributed by atoms with Gasteiger partial charge in [-0.1, -0.05) is 5.92 Å². The third-order valence-corrected chi connectivity index (χ3v) is 5.03. The predicted molar refractivity (Wildman–Crippen MR) is 46.2 cm³/mol. The second-order valence-electron chi connectivity index (χ2n) is 1.84. The van der Waals surface area contributed by atoms with E-state index >= 15 is 0 Å². The molecule has 0 N–H and O–H groups in total. The third kappa shape index (κ3) is 2.13. The van der Waals surface area contributed by atoms with Crippen molar-refractivity contribution in [3.8, 4) is 12.3 Å². The van der Waals surface area contributed by atoms with Crippen molar-refractivity contribution >= 4 is 29.8 Å². The van der Waals surface area contributed by atoms with Crippen molar-refractivity contribution in [3.63, 3.8) is 0 Å². The van der Waals surface area contributed by atoms with Gasteiger partial charge in [-0.25, -0.2) is 4.21 Å². The average Bonchev–Trinajstić information content (AvgIpc) is 1.88. The summed E-state index contributed by atoms with van der Waals surface area (Å²) in [5.41, 5.74) is 0. The topological polar surface area (TPSA) is 26.3 Å². The summed E-state index contributed by atoms with van der Waals surface area (Å²) in [6.07, 6.45) is 5.12. The molecule has 5 heteroatoms. The minimum Gasteiger partial charge on any atom is -0.281 e. The fraction of sp³-hybridized carbons (Fsp3) is 0.600. The zero-order valence-electron chi connectivity index (χ0n) is 5.11. The first-order valence-electron chi connectivity index (χ1n) is 2.64. The van der Waals surface area contributed by atoms with E-state index in [9.17, 15) is 4.21 Å². The molecular formula is C5H6O2S3. The van der Waals surface area contributed by atoms with Gasteiger partial charge in [-0.3, -0.25) is 4.18 Å². The molecule has 1 aliphatic heterocycles. The number of hydrogen-bond donors (Lipinski definition) is 0. The Balaban J connectivity index is 2.56. The molecule has 1 aliphatic rings. The Morgan fingerprint density at radius 1 is 1.90 bits per heavy atom. The molecule has 0 radical (unpaired) electrons. The van der Waals surface area contributed by atoms with Gasteiger partial charge in [0.05, 0.1) is 12.5 Å². The summed E-state index contributed by atoms with van der Waals surface area (Å²) in [4.78, 5) is 0. The monoisotopic (exact) mass is 194 g/mol. The first kappa shape index (κ1) is 8.34. The lowest BCUT2D eigenvalue weighted by atomic mass is 10.2. The molecule has 0 aromatic heterocycles. The molecule has 1 saturated heterocycles. The lowest BCUT2D eigenvalue weighted by molar-refractivity contribution is 0.320. The van der Waals surface area contributed by atoms with Gasteiger partial charge in [0.25, 0.3) is 0 Å². The van der Waals surface area contributed by atoms with Gasteiger partial charge in [-0.05, 0) is 10.8 Å². The Morgan fingerprint density at radius 2 is 2.60 bits per heavy atom. The van der Waals surface area contributed by atoms with E-state index in [-0.39, 0.29) is 5.92 Å². The molecule has 0 spiro atoms. The molecular weight excluding hydrogens is 188 g/mol. The molecule has 2 unspecified atom stereocenters. The fourth-order valence-electron chi connectivity index (χ4n) is 0.509. The van der Waals surface area contributed by atoms with E-state index in [0.717, 1.165) is 10.8 Å². The molecule has 1 fully saturated rings. The highest BCUT2D eigenvalue weighted by Crippen LogP contribution is 2.24. The molecule has 2 nitrogen and oxygen atoms in total. The summed E-state index contributed by atoms with van der Waals surface area (Å²) < 4.78 is 15.8. The van der Waals surface area contributed by atoms with Crippen molar-refractivity contribution in [2.75, 3.05) is 12.4 Å². The van der Waals surface area contributed by atoms with Crippen molar-refractivity contribution in [2.45, 2.75) is 0 Å². The molecule has 0 amide bonds. The highest BCUT2D eigenvalue weighted by Gasteiger charge is 2.20. The van der Waals surface area contributed by atoms with Crippen molar-refractivity contribution in [1.29, 1.82) is 0 Å². The quantitative estimate of drug-likeness (QED) is 0.416. The van der Waals surface area contributed by atoms with E-state index in [2.05, 4.69) is 17.1 Å². The van der Waals surface area contributed by atoms with Crippen LogP contribution in [0, 0.1) is 18.3 Å². The standard InChI is InChI=1S/C5H6O2S3/c1-2-5-3-7-10(6,8)9-4-5/h1,5H,3-4H2. The molecule has 0 aliphatic carbocycles. The molecule has 10 heavy (non-hydrogen) atoms. The first-order chi connectivity index (χ1) is 4.64. The van der Waals surface area contributed by atoms with Crippen molar-refractivity contribution < 1.29 is 8.39 Å². The van der Waals surface area contributed by atoms with Crippen LogP contribution in [0.5, 0.6) is 0 Å². The van der Waals surface area contributed by atoms with Crippen molar-refractivity contribution in [2.24, 2.45) is 5.92 Å². The first-order valence-corrected chi connectivity index (χ1v) is 6.55. The molecule has 0 saturated carbocycles. The summed E-state index contributed by atoms with van der Waals surface area (Å²) >= 11 is 4.60.